The predicted molar refractivity (Wildman–Crippen MR) is 126 cm³/mol. The van der Waals surface area contributed by atoms with Gasteiger partial charge in [-0.2, -0.15) is 0 Å². The minimum Gasteiger partial charge on any atom is -0.481 e. The molecule has 3 aromatic carbocycles. The second kappa shape index (κ2) is 9.53. The summed E-state index contributed by atoms with van der Waals surface area (Å²) < 4.78 is 34.2. The maximum atomic E-state index is 12.6. The summed E-state index contributed by atoms with van der Waals surface area (Å²) in [4.78, 5) is 12.5. The highest BCUT2D eigenvalue weighted by Crippen LogP contribution is 2.21. The van der Waals surface area contributed by atoms with Crippen molar-refractivity contribution in [1.29, 1.82) is 0 Å². The lowest BCUT2D eigenvalue weighted by Crippen LogP contribution is -2.30. The number of ether oxygens (including phenoxy) is 1. The van der Waals surface area contributed by atoms with Crippen LogP contribution in [-0.2, 0) is 14.8 Å². The lowest BCUT2D eigenvalue weighted by atomic mass is 10.1. The Bertz CT molecular complexity index is 1180. The highest BCUT2D eigenvalue weighted by atomic mass is 79.9. The molecule has 0 aromatic heterocycles. The topological polar surface area (TPSA) is 84.5 Å². The molecular formula is C23H23BrN2O4S. The number of rotatable bonds is 7. The minimum atomic E-state index is -3.74. The van der Waals surface area contributed by atoms with Crippen molar-refractivity contribution in [3.63, 3.8) is 0 Å². The molecule has 0 aliphatic rings. The maximum absolute atomic E-state index is 12.6. The summed E-state index contributed by atoms with van der Waals surface area (Å²) in [5.74, 6) is 0.285. The first kappa shape index (κ1) is 22.8. The number of halogens is 1. The van der Waals surface area contributed by atoms with Gasteiger partial charge in [0.05, 0.1) is 4.90 Å². The van der Waals surface area contributed by atoms with Crippen LogP contribution < -0.4 is 14.8 Å². The van der Waals surface area contributed by atoms with Crippen LogP contribution in [0.2, 0.25) is 0 Å². The highest BCUT2D eigenvalue weighted by Gasteiger charge is 2.17. The van der Waals surface area contributed by atoms with Gasteiger partial charge >= 0.3 is 0 Å². The molecule has 1 atom stereocenters. The predicted octanol–water partition coefficient (Wildman–Crippen LogP) is 5.27. The SMILES string of the molecule is Cc1ccc(O[C@H](C)C(=O)Nc2ccc(S(=O)(=O)Nc3ccc(Br)cc3)cc2)cc1C. The van der Waals surface area contributed by atoms with Crippen molar-refractivity contribution in [2.75, 3.05) is 10.0 Å². The molecule has 162 valence electrons. The molecule has 0 spiro atoms. The molecule has 3 aromatic rings. The number of amides is 1. The van der Waals surface area contributed by atoms with Gasteiger partial charge in [-0.3, -0.25) is 9.52 Å². The molecule has 0 fully saturated rings. The number of benzene rings is 3. The van der Waals surface area contributed by atoms with E-state index in [-0.39, 0.29) is 10.8 Å². The first-order valence-electron chi connectivity index (χ1n) is 9.57. The van der Waals surface area contributed by atoms with Crippen LogP contribution >= 0.6 is 15.9 Å². The highest BCUT2D eigenvalue weighted by molar-refractivity contribution is 9.10. The number of nitrogens with one attached hydrogen (secondary N) is 2. The molecule has 3 rings (SSSR count). The van der Waals surface area contributed by atoms with Crippen LogP contribution in [0.15, 0.2) is 76.1 Å². The summed E-state index contributed by atoms with van der Waals surface area (Å²) in [6, 6.07) is 18.4. The van der Waals surface area contributed by atoms with Crippen molar-refractivity contribution in [3.8, 4) is 5.75 Å². The van der Waals surface area contributed by atoms with Crippen LogP contribution in [0.4, 0.5) is 11.4 Å². The molecule has 1 amide bonds. The van der Waals surface area contributed by atoms with Crippen molar-refractivity contribution < 1.29 is 17.9 Å². The van der Waals surface area contributed by atoms with Gasteiger partial charge in [-0.15, -0.1) is 0 Å². The van der Waals surface area contributed by atoms with Gasteiger partial charge in [-0.1, -0.05) is 22.0 Å². The molecule has 0 bridgehead atoms. The third-order valence-corrected chi connectivity index (χ3v) is 6.61. The van der Waals surface area contributed by atoms with E-state index in [9.17, 15) is 13.2 Å². The minimum absolute atomic E-state index is 0.0906. The number of hydrogen-bond acceptors (Lipinski definition) is 4. The van der Waals surface area contributed by atoms with Gasteiger partial charge in [0, 0.05) is 15.8 Å². The molecule has 0 unspecified atom stereocenters. The van der Waals surface area contributed by atoms with E-state index in [1.807, 2.05) is 32.0 Å². The third-order valence-electron chi connectivity index (χ3n) is 4.69. The summed E-state index contributed by atoms with van der Waals surface area (Å²) in [5, 5.41) is 2.74. The Hall–Kier alpha value is -2.84. The maximum Gasteiger partial charge on any atom is 0.265 e. The molecular weight excluding hydrogens is 480 g/mol. The summed E-state index contributed by atoms with van der Waals surface area (Å²) in [5.41, 5.74) is 3.16. The van der Waals surface area contributed by atoms with E-state index in [4.69, 9.17) is 4.74 Å². The number of carbonyl (C=O) groups is 1. The van der Waals surface area contributed by atoms with E-state index in [2.05, 4.69) is 26.0 Å². The van der Waals surface area contributed by atoms with Gasteiger partial charge in [0.2, 0.25) is 0 Å². The molecule has 0 aliphatic heterocycles. The average Bonchev–Trinajstić information content (AvgIpc) is 2.72. The first-order valence-corrected chi connectivity index (χ1v) is 11.8. The first-order chi connectivity index (χ1) is 14.6. The van der Waals surface area contributed by atoms with Gasteiger partial charge in [-0.05, 0) is 92.6 Å². The molecule has 8 heteroatoms. The second-order valence-electron chi connectivity index (χ2n) is 7.13. The zero-order chi connectivity index (χ0) is 22.6. The Morgan fingerprint density at radius 3 is 2.13 bits per heavy atom. The van der Waals surface area contributed by atoms with E-state index in [0.29, 0.717) is 17.1 Å². The Kier molecular flexibility index (Phi) is 7.02. The number of hydrogen-bond donors (Lipinski definition) is 2. The summed E-state index contributed by atoms with van der Waals surface area (Å²) in [6.07, 6.45) is -0.718. The molecule has 2 N–H and O–H groups in total. The van der Waals surface area contributed by atoms with Crippen LogP contribution in [0.25, 0.3) is 0 Å². The van der Waals surface area contributed by atoms with Crippen molar-refractivity contribution in [1.82, 2.24) is 0 Å². The van der Waals surface area contributed by atoms with Gasteiger partial charge in [0.25, 0.3) is 15.9 Å². The fraction of sp³-hybridized carbons (Fsp3) is 0.174. The summed E-state index contributed by atoms with van der Waals surface area (Å²) in [7, 11) is -3.74. The molecule has 0 heterocycles. The number of anilines is 2. The standard InChI is InChI=1S/C23H23BrN2O4S/c1-15-4-11-21(14-16(15)2)30-17(3)23(27)25-19-9-12-22(13-10-19)31(28,29)26-20-7-5-18(24)6-8-20/h4-14,17,26H,1-3H3,(H,25,27)/t17-/m1/s1. The number of aryl methyl sites for hydroxylation is 2. The van der Waals surface area contributed by atoms with Crippen molar-refractivity contribution in [2.24, 2.45) is 0 Å². The van der Waals surface area contributed by atoms with E-state index < -0.39 is 16.1 Å². The van der Waals surface area contributed by atoms with Crippen molar-refractivity contribution in [2.45, 2.75) is 31.8 Å². The van der Waals surface area contributed by atoms with E-state index in [1.165, 1.54) is 24.3 Å². The Labute approximate surface area is 190 Å². The van der Waals surface area contributed by atoms with E-state index >= 15 is 0 Å². The third kappa shape index (κ3) is 6.08. The zero-order valence-corrected chi connectivity index (χ0v) is 19.7. The van der Waals surface area contributed by atoms with Crippen LogP contribution in [0.5, 0.6) is 5.75 Å². The van der Waals surface area contributed by atoms with Crippen LogP contribution in [-0.4, -0.2) is 20.4 Å². The van der Waals surface area contributed by atoms with Gasteiger partial charge < -0.3 is 10.1 Å². The van der Waals surface area contributed by atoms with E-state index in [1.54, 1.807) is 31.2 Å². The molecule has 6 nitrogen and oxygen atoms in total. The average molecular weight is 503 g/mol. The van der Waals surface area contributed by atoms with E-state index in [0.717, 1.165) is 15.6 Å². The molecule has 0 saturated carbocycles. The quantitative estimate of drug-likeness (QED) is 0.460. The molecule has 31 heavy (non-hydrogen) atoms. The molecule has 0 aliphatic carbocycles. The Balaban J connectivity index is 1.63. The monoisotopic (exact) mass is 502 g/mol. The van der Waals surface area contributed by atoms with Gasteiger partial charge in [0.15, 0.2) is 6.10 Å². The van der Waals surface area contributed by atoms with Gasteiger partial charge in [0.1, 0.15) is 5.75 Å². The van der Waals surface area contributed by atoms with Crippen molar-refractivity contribution >= 4 is 43.2 Å². The Morgan fingerprint density at radius 1 is 0.903 bits per heavy atom. The Morgan fingerprint density at radius 2 is 1.52 bits per heavy atom. The second-order valence-corrected chi connectivity index (χ2v) is 9.73. The number of sulfonamides is 1. The van der Waals surface area contributed by atoms with Crippen LogP contribution in [0.1, 0.15) is 18.1 Å². The van der Waals surface area contributed by atoms with Crippen molar-refractivity contribution in [3.05, 3.63) is 82.3 Å². The molecule has 0 radical (unpaired) electrons. The zero-order valence-electron chi connectivity index (χ0n) is 17.3. The molecule has 0 saturated heterocycles. The van der Waals surface area contributed by atoms with Crippen LogP contribution in [0, 0.1) is 13.8 Å². The fourth-order valence-corrected chi connectivity index (χ4v) is 4.06. The fourth-order valence-electron chi connectivity index (χ4n) is 2.74. The van der Waals surface area contributed by atoms with Crippen LogP contribution in [0.3, 0.4) is 0 Å². The smallest absolute Gasteiger partial charge is 0.265 e. The lowest BCUT2D eigenvalue weighted by Gasteiger charge is -2.16. The normalized spacial score (nSPS) is 12.1. The summed E-state index contributed by atoms with van der Waals surface area (Å²) >= 11 is 3.31. The van der Waals surface area contributed by atoms with Gasteiger partial charge in [-0.25, -0.2) is 8.42 Å². The largest absolute Gasteiger partial charge is 0.481 e. The summed E-state index contributed by atoms with van der Waals surface area (Å²) in [6.45, 7) is 5.65. The lowest BCUT2D eigenvalue weighted by molar-refractivity contribution is -0.122. The number of carbonyl (C=O) groups excluding carboxylic acids is 1.